The van der Waals surface area contributed by atoms with E-state index in [1.54, 1.807) is 11.7 Å². The Hall–Kier alpha value is -1.07. The molecule has 1 fully saturated rings. The zero-order valence-electron chi connectivity index (χ0n) is 11.1. The number of hydrogen-bond donors (Lipinski definition) is 2. The van der Waals surface area contributed by atoms with Crippen molar-refractivity contribution in [1.29, 1.82) is 0 Å². The highest BCUT2D eigenvalue weighted by atomic mass is 35.5. The quantitative estimate of drug-likeness (QED) is 0.845. The van der Waals surface area contributed by atoms with Gasteiger partial charge in [-0.15, -0.1) is 12.4 Å². The van der Waals surface area contributed by atoms with E-state index in [1.807, 2.05) is 13.0 Å². The highest BCUT2D eigenvalue weighted by Gasteiger charge is 2.21. The van der Waals surface area contributed by atoms with Gasteiger partial charge in [-0.2, -0.15) is 5.10 Å². The highest BCUT2D eigenvalue weighted by Crippen LogP contribution is 2.09. The van der Waals surface area contributed by atoms with Gasteiger partial charge in [-0.1, -0.05) is 0 Å². The second-order valence-electron chi connectivity index (χ2n) is 4.84. The fourth-order valence-corrected chi connectivity index (χ4v) is 2.35. The van der Waals surface area contributed by atoms with Gasteiger partial charge in [0, 0.05) is 19.1 Å². The molecule has 18 heavy (non-hydrogen) atoms. The normalized spacial score (nSPS) is 23.3. The predicted molar refractivity (Wildman–Crippen MR) is 73.1 cm³/mol. The Labute approximate surface area is 114 Å². The first-order valence-corrected chi connectivity index (χ1v) is 6.11. The van der Waals surface area contributed by atoms with Gasteiger partial charge in [-0.25, -0.2) is 0 Å². The van der Waals surface area contributed by atoms with Crippen molar-refractivity contribution in [2.45, 2.75) is 38.8 Å². The van der Waals surface area contributed by atoms with Gasteiger partial charge in [0.2, 0.25) is 0 Å². The number of nitrogens with zero attached hydrogens (tertiary/aromatic N) is 2. The standard InChI is InChI=1S/C12H20N4O.ClH/c1-8-6-10(4-5-13-8)14-12(17)11-7-9(2)15-16(11)3;/h7-8,10,13H,4-6H2,1-3H3,(H,14,17);1H. The SMILES string of the molecule is Cc1cc(C(=O)NC2CCNC(C)C2)n(C)n1.Cl. The number of halogens is 1. The molecule has 0 aromatic carbocycles. The number of nitrogens with one attached hydrogen (secondary N) is 2. The van der Waals surface area contributed by atoms with E-state index >= 15 is 0 Å². The molecule has 1 aliphatic heterocycles. The summed E-state index contributed by atoms with van der Waals surface area (Å²) in [6, 6.07) is 2.57. The van der Waals surface area contributed by atoms with E-state index in [0.29, 0.717) is 11.7 Å². The van der Waals surface area contributed by atoms with Gasteiger partial charge in [0.25, 0.3) is 5.91 Å². The van der Waals surface area contributed by atoms with Crippen LogP contribution in [0.3, 0.4) is 0 Å². The van der Waals surface area contributed by atoms with Crippen molar-refractivity contribution in [3.63, 3.8) is 0 Å². The molecule has 0 aliphatic carbocycles. The van der Waals surface area contributed by atoms with E-state index in [2.05, 4.69) is 22.7 Å². The third-order valence-electron chi connectivity index (χ3n) is 3.19. The van der Waals surface area contributed by atoms with Crippen molar-refractivity contribution in [1.82, 2.24) is 20.4 Å². The largest absolute Gasteiger partial charge is 0.348 e. The molecule has 2 heterocycles. The van der Waals surface area contributed by atoms with Gasteiger partial charge in [0.15, 0.2) is 0 Å². The lowest BCUT2D eigenvalue weighted by atomic mass is 10.0. The smallest absolute Gasteiger partial charge is 0.269 e. The van der Waals surface area contributed by atoms with Gasteiger partial charge >= 0.3 is 0 Å². The lowest BCUT2D eigenvalue weighted by Crippen LogP contribution is -2.46. The molecule has 102 valence electrons. The fraction of sp³-hybridized carbons (Fsp3) is 0.667. The van der Waals surface area contributed by atoms with Gasteiger partial charge in [-0.3, -0.25) is 9.48 Å². The van der Waals surface area contributed by atoms with Crippen LogP contribution in [0.1, 0.15) is 35.9 Å². The summed E-state index contributed by atoms with van der Waals surface area (Å²) < 4.78 is 1.63. The van der Waals surface area contributed by atoms with Gasteiger partial charge < -0.3 is 10.6 Å². The average Bonchev–Trinajstić information content (AvgIpc) is 2.58. The summed E-state index contributed by atoms with van der Waals surface area (Å²) in [7, 11) is 1.80. The topological polar surface area (TPSA) is 59.0 Å². The molecule has 1 aliphatic rings. The molecular formula is C12H21ClN4O. The van der Waals surface area contributed by atoms with E-state index in [-0.39, 0.29) is 24.4 Å². The predicted octanol–water partition coefficient (Wildman–Crippen LogP) is 1.02. The van der Waals surface area contributed by atoms with Crippen molar-refractivity contribution in [2.24, 2.45) is 7.05 Å². The lowest BCUT2D eigenvalue weighted by molar-refractivity contribution is 0.0916. The molecular weight excluding hydrogens is 252 g/mol. The first kappa shape index (κ1) is 15.0. The lowest BCUT2D eigenvalue weighted by Gasteiger charge is -2.28. The van der Waals surface area contributed by atoms with Crippen molar-refractivity contribution < 1.29 is 4.79 Å². The van der Waals surface area contributed by atoms with Crippen molar-refractivity contribution in [3.05, 3.63) is 17.5 Å². The molecule has 1 aromatic heterocycles. The summed E-state index contributed by atoms with van der Waals surface area (Å²) in [5.41, 5.74) is 1.50. The molecule has 6 heteroatoms. The molecule has 1 saturated heterocycles. The maximum absolute atomic E-state index is 12.1. The Balaban J connectivity index is 0.00000162. The summed E-state index contributed by atoms with van der Waals surface area (Å²) in [5, 5.41) is 10.6. The molecule has 1 amide bonds. The summed E-state index contributed by atoms with van der Waals surface area (Å²) in [6.07, 6.45) is 1.98. The fourth-order valence-electron chi connectivity index (χ4n) is 2.35. The van der Waals surface area contributed by atoms with Gasteiger partial charge in [0.1, 0.15) is 5.69 Å². The Morgan fingerprint density at radius 2 is 2.33 bits per heavy atom. The van der Waals surface area contributed by atoms with Crippen LogP contribution in [0, 0.1) is 6.92 Å². The Morgan fingerprint density at radius 3 is 2.89 bits per heavy atom. The van der Waals surface area contributed by atoms with Gasteiger partial charge in [0.05, 0.1) is 5.69 Å². The van der Waals surface area contributed by atoms with Crippen LogP contribution in [0.25, 0.3) is 0 Å². The average molecular weight is 273 g/mol. The number of hydrogen-bond acceptors (Lipinski definition) is 3. The van der Waals surface area contributed by atoms with Crippen molar-refractivity contribution >= 4 is 18.3 Å². The third kappa shape index (κ3) is 3.46. The van der Waals surface area contributed by atoms with E-state index < -0.39 is 0 Å². The van der Waals surface area contributed by atoms with Crippen LogP contribution < -0.4 is 10.6 Å². The number of aromatic nitrogens is 2. The van der Waals surface area contributed by atoms with Crippen LogP contribution in [-0.2, 0) is 7.05 Å². The summed E-state index contributed by atoms with van der Waals surface area (Å²) in [4.78, 5) is 12.1. The molecule has 2 rings (SSSR count). The molecule has 0 bridgehead atoms. The first-order chi connectivity index (χ1) is 8.06. The number of carbonyl (C=O) groups excluding carboxylic acids is 1. The van der Waals surface area contributed by atoms with Crippen LogP contribution in [0.2, 0.25) is 0 Å². The number of amides is 1. The molecule has 2 atom stereocenters. The summed E-state index contributed by atoms with van der Waals surface area (Å²) in [6.45, 7) is 5.01. The Morgan fingerprint density at radius 1 is 1.61 bits per heavy atom. The number of rotatable bonds is 2. The van der Waals surface area contributed by atoms with Crippen LogP contribution in [0.15, 0.2) is 6.07 Å². The van der Waals surface area contributed by atoms with Crippen molar-refractivity contribution in [2.75, 3.05) is 6.54 Å². The van der Waals surface area contributed by atoms with E-state index in [0.717, 1.165) is 25.1 Å². The second-order valence-corrected chi connectivity index (χ2v) is 4.84. The van der Waals surface area contributed by atoms with E-state index in [4.69, 9.17) is 0 Å². The monoisotopic (exact) mass is 272 g/mol. The third-order valence-corrected chi connectivity index (χ3v) is 3.19. The van der Waals surface area contributed by atoms with Crippen LogP contribution >= 0.6 is 12.4 Å². The first-order valence-electron chi connectivity index (χ1n) is 6.11. The number of aryl methyl sites for hydroxylation is 2. The minimum atomic E-state index is -0.0211. The molecule has 0 saturated carbocycles. The van der Waals surface area contributed by atoms with Crippen LogP contribution in [0.4, 0.5) is 0 Å². The number of piperidine rings is 1. The maximum atomic E-state index is 12.1. The summed E-state index contributed by atoms with van der Waals surface area (Å²) >= 11 is 0. The van der Waals surface area contributed by atoms with Crippen LogP contribution in [0.5, 0.6) is 0 Å². The Kier molecular flexibility index (Phi) is 5.16. The van der Waals surface area contributed by atoms with Gasteiger partial charge in [-0.05, 0) is 39.3 Å². The minimum absolute atomic E-state index is 0. The minimum Gasteiger partial charge on any atom is -0.348 e. The summed E-state index contributed by atoms with van der Waals surface area (Å²) in [5.74, 6) is -0.0211. The Bertz CT molecular complexity index is 418. The second kappa shape index (κ2) is 6.20. The molecule has 2 N–H and O–H groups in total. The molecule has 1 aromatic rings. The highest BCUT2D eigenvalue weighted by molar-refractivity contribution is 5.92. The maximum Gasteiger partial charge on any atom is 0.269 e. The van der Waals surface area contributed by atoms with Crippen LogP contribution in [-0.4, -0.2) is 34.3 Å². The zero-order valence-corrected chi connectivity index (χ0v) is 11.9. The molecule has 0 radical (unpaired) electrons. The van der Waals surface area contributed by atoms with E-state index in [1.165, 1.54) is 0 Å². The van der Waals surface area contributed by atoms with Crippen molar-refractivity contribution in [3.8, 4) is 0 Å². The number of carbonyl (C=O) groups is 1. The zero-order chi connectivity index (χ0) is 12.4. The molecule has 2 unspecified atom stereocenters. The molecule has 5 nitrogen and oxygen atoms in total. The van der Waals surface area contributed by atoms with E-state index in [9.17, 15) is 4.79 Å². The molecule has 0 spiro atoms.